The van der Waals surface area contributed by atoms with Crippen molar-refractivity contribution < 1.29 is 4.52 Å². The van der Waals surface area contributed by atoms with Crippen molar-refractivity contribution in [2.45, 2.75) is 48.0 Å². The summed E-state index contributed by atoms with van der Waals surface area (Å²) in [6.07, 6.45) is 6.07. The van der Waals surface area contributed by atoms with Crippen LogP contribution < -0.4 is 0 Å². The van der Waals surface area contributed by atoms with Crippen molar-refractivity contribution in [2.75, 3.05) is 0 Å². The van der Waals surface area contributed by atoms with E-state index in [9.17, 15) is 0 Å². The summed E-state index contributed by atoms with van der Waals surface area (Å²) in [7, 11) is 0. The highest BCUT2D eigenvalue weighted by Crippen LogP contribution is 2.32. The van der Waals surface area contributed by atoms with Crippen LogP contribution in [0.4, 0.5) is 0 Å². The number of nitrogens with zero attached hydrogens (tertiary/aromatic N) is 2. The Balaban J connectivity index is 0.000000868. The van der Waals surface area contributed by atoms with E-state index in [1.165, 1.54) is 11.1 Å². The molecular weight excluding hydrogens is 306 g/mol. The van der Waals surface area contributed by atoms with Crippen molar-refractivity contribution in [2.24, 2.45) is 0 Å². The lowest BCUT2D eigenvalue weighted by Gasteiger charge is -1.98. The molecule has 1 N–H and O–H groups in total. The van der Waals surface area contributed by atoms with E-state index in [0.717, 1.165) is 34.1 Å². The van der Waals surface area contributed by atoms with E-state index in [1.54, 1.807) is 18.3 Å². The molecule has 0 spiro atoms. The molecule has 2 aromatic heterocycles. The zero-order valence-electron chi connectivity index (χ0n) is 14.9. The average Bonchev–Trinajstić information content (AvgIpc) is 3.18. The minimum Gasteiger partial charge on any atom is -0.361 e. The fourth-order valence-electron chi connectivity index (χ4n) is 1.74. The molecule has 0 amide bonds. The zero-order valence-corrected chi connectivity index (χ0v) is 15.8. The number of thiazole rings is 1. The molecule has 0 fully saturated rings. The van der Waals surface area contributed by atoms with Gasteiger partial charge in [-0.2, -0.15) is 0 Å². The van der Waals surface area contributed by atoms with E-state index in [0.29, 0.717) is 0 Å². The summed E-state index contributed by atoms with van der Waals surface area (Å²) < 4.78 is 5.10. The molecule has 0 aliphatic heterocycles. The Morgan fingerprint density at radius 3 is 2.39 bits per heavy atom. The lowest BCUT2D eigenvalue weighted by atomic mass is 10.1. The van der Waals surface area contributed by atoms with Crippen LogP contribution in [-0.4, -0.2) is 16.4 Å². The van der Waals surface area contributed by atoms with Crippen LogP contribution >= 0.6 is 11.3 Å². The van der Waals surface area contributed by atoms with Crippen molar-refractivity contribution in [1.29, 1.82) is 5.41 Å². The third kappa shape index (κ3) is 5.94. The normalized spacial score (nSPS) is 10.1. The second-order valence-electron chi connectivity index (χ2n) is 4.20. The Labute approximate surface area is 143 Å². The van der Waals surface area contributed by atoms with Crippen LogP contribution in [0.25, 0.3) is 16.3 Å². The molecule has 0 radical (unpaired) electrons. The summed E-state index contributed by atoms with van der Waals surface area (Å²) in [5, 5.41) is 11.0. The molecule has 0 saturated heterocycles. The number of nitrogens with one attached hydrogen (secondary N) is 1. The van der Waals surface area contributed by atoms with E-state index < -0.39 is 0 Å². The first-order valence-corrected chi connectivity index (χ1v) is 8.60. The maximum atomic E-state index is 6.08. The quantitative estimate of drug-likeness (QED) is 0.556. The Bertz CT molecular complexity index is 638. The van der Waals surface area contributed by atoms with E-state index in [1.807, 2.05) is 45.9 Å². The number of hydrogen-bond acceptors (Lipinski definition) is 5. The molecule has 0 saturated carbocycles. The minimum atomic E-state index is 0.801. The van der Waals surface area contributed by atoms with Gasteiger partial charge in [0.2, 0.25) is 0 Å². The maximum absolute atomic E-state index is 6.08. The molecule has 0 unspecified atom stereocenters. The summed E-state index contributed by atoms with van der Waals surface area (Å²) in [6.45, 7) is 15.5. The lowest BCUT2D eigenvalue weighted by Crippen LogP contribution is -1.86. The Kier molecular flexibility index (Phi) is 10.5. The number of hydrogen-bond donors (Lipinski definition) is 1. The second kappa shape index (κ2) is 11.5. The monoisotopic (exact) mass is 333 g/mol. The third-order valence-corrected chi connectivity index (χ3v) is 3.89. The molecule has 2 aromatic rings. The number of aromatic nitrogens is 2. The van der Waals surface area contributed by atoms with Crippen molar-refractivity contribution in [3.63, 3.8) is 0 Å². The van der Waals surface area contributed by atoms with Crippen molar-refractivity contribution in [3.8, 4) is 10.7 Å². The van der Waals surface area contributed by atoms with Gasteiger partial charge in [-0.3, -0.25) is 0 Å². The second-order valence-corrected chi connectivity index (χ2v) is 5.29. The van der Waals surface area contributed by atoms with Gasteiger partial charge in [0.15, 0.2) is 0 Å². The first-order chi connectivity index (χ1) is 11.1. The van der Waals surface area contributed by atoms with E-state index in [-0.39, 0.29) is 0 Å². The van der Waals surface area contributed by atoms with Crippen LogP contribution in [0.1, 0.15) is 51.0 Å². The van der Waals surface area contributed by atoms with Gasteiger partial charge >= 0.3 is 0 Å². The van der Waals surface area contributed by atoms with Crippen LogP contribution in [0, 0.1) is 12.3 Å². The molecule has 0 aliphatic rings. The summed E-state index contributed by atoms with van der Waals surface area (Å²) in [4.78, 5) is 5.91. The van der Waals surface area contributed by atoms with Gasteiger partial charge in [0.1, 0.15) is 16.5 Å². The summed E-state index contributed by atoms with van der Waals surface area (Å²) in [5.74, 6) is 0.801. The molecule has 0 atom stereocenters. The molecule has 23 heavy (non-hydrogen) atoms. The highest BCUT2D eigenvalue weighted by molar-refractivity contribution is 7.15. The van der Waals surface area contributed by atoms with Gasteiger partial charge in [0, 0.05) is 10.9 Å². The molecule has 2 rings (SSSR count). The number of aryl methyl sites for hydroxylation is 2. The Morgan fingerprint density at radius 1 is 1.39 bits per heavy atom. The van der Waals surface area contributed by atoms with Crippen molar-refractivity contribution in [1.82, 2.24) is 10.1 Å². The molecule has 0 aromatic carbocycles. The summed E-state index contributed by atoms with van der Waals surface area (Å²) in [5.41, 5.74) is 2.88. The Hall–Kier alpha value is -2.01. The van der Waals surface area contributed by atoms with Gasteiger partial charge in [-0.1, -0.05) is 44.7 Å². The van der Waals surface area contributed by atoms with Gasteiger partial charge in [0.25, 0.3) is 0 Å². The fraction of sp³-hybridized carbons (Fsp3) is 0.389. The van der Waals surface area contributed by atoms with Gasteiger partial charge in [-0.05, 0) is 39.0 Å². The van der Waals surface area contributed by atoms with Crippen LogP contribution in [0.15, 0.2) is 29.3 Å². The highest BCUT2D eigenvalue weighted by Gasteiger charge is 2.15. The molecule has 2 heterocycles. The van der Waals surface area contributed by atoms with E-state index in [4.69, 9.17) is 9.93 Å². The predicted molar refractivity (Wildman–Crippen MR) is 101 cm³/mol. The molecule has 4 nitrogen and oxygen atoms in total. The third-order valence-electron chi connectivity index (χ3n) is 2.67. The summed E-state index contributed by atoms with van der Waals surface area (Å²) in [6, 6.07) is 1.91. The minimum absolute atomic E-state index is 0.801. The smallest absolute Gasteiger partial charge is 0.146 e. The zero-order chi connectivity index (χ0) is 17.8. The SMILES string of the molecule is C=C/C(=C\C)c1nc(-c2cc(C)on2)sc1CC.CC.CC=N. The van der Waals surface area contributed by atoms with Gasteiger partial charge in [-0.15, -0.1) is 11.3 Å². The van der Waals surface area contributed by atoms with Gasteiger partial charge in [0.05, 0.1) is 5.69 Å². The predicted octanol–water partition coefficient (Wildman–Crippen LogP) is 5.94. The topological polar surface area (TPSA) is 62.8 Å². The molecule has 0 bridgehead atoms. The van der Waals surface area contributed by atoms with E-state index in [2.05, 4.69) is 23.6 Å². The molecular formula is C18H27N3OS. The largest absolute Gasteiger partial charge is 0.361 e. The highest BCUT2D eigenvalue weighted by atomic mass is 32.1. The fourth-order valence-corrected chi connectivity index (χ4v) is 2.72. The lowest BCUT2D eigenvalue weighted by molar-refractivity contribution is 0.399. The number of allylic oxidation sites excluding steroid dienone is 3. The first kappa shape index (κ1) is 21.0. The first-order valence-electron chi connectivity index (χ1n) is 7.78. The van der Waals surface area contributed by atoms with Crippen LogP contribution in [-0.2, 0) is 6.42 Å². The Morgan fingerprint density at radius 2 is 2.00 bits per heavy atom. The summed E-state index contributed by atoms with van der Waals surface area (Å²) >= 11 is 1.66. The van der Waals surface area contributed by atoms with E-state index >= 15 is 0 Å². The van der Waals surface area contributed by atoms with Crippen LogP contribution in [0.2, 0.25) is 0 Å². The van der Waals surface area contributed by atoms with Crippen LogP contribution in [0.3, 0.4) is 0 Å². The average molecular weight is 334 g/mol. The number of rotatable bonds is 4. The van der Waals surface area contributed by atoms with Crippen molar-refractivity contribution >= 4 is 23.1 Å². The van der Waals surface area contributed by atoms with Gasteiger partial charge < -0.3 is 9.93 Å². The molecule has 5 heteroatoms. The van der Waals surface area contributed by atoms with Gasteiger partial charge in [-0.25, -0.2) is 4.98 Å². The molecule has 126 valence electrons. The standard InChI is InChI=1S/C14H16N2OS.C2H5N.C2H6/c1-5-10(6-2)13-12(7-3)18-14(15-13)11-8-9(4)17-16-11;1-2-3;1-2/h5-6,8H,1,7H2,2-4H3;2-3H,1H3;1-2H3/b10-6+;;. The maximum Gasteiger partial charge on any atom is 0.146 e. The molecule has 0 aliphatic carbocycles. The van der Waals surface area contributed by atoms with Crippen molar-refractivity contribution in [3.05, 3.63) is 41.1 Å². The van der Waals surface area contributed by atoms with Crippen LogP contribution in [0.5, 0.6) is 0 Å².